The van der Waals surface area contributed by atoms with Gasteiger partial charge in [-0.1, -0.05) is 38.0 Å². The van der Waals surface area contributed by atoms with Crippen molar-refractivity contribution < 1.29 is 4.79 Å². The van der Waals surface area contributed by atoms with E-state index in [2.05, 4.69) is 43.1 Å². The molecule has 0 radical (unpaired) electrons. The third-order valence-electron chi connectivity index (χ3n) is 4.50. The number of amides is 1. The number of carbonyl (C=O) groups is 1. The van der Waals surface area contributed by atoms with Gasteiger partial charge in [0.15, 0.2) is 0 Å². The van der Waals surface area contributed by atoms with Crippen molar-refractivity contribution in [1.29, 1.82) is 0 Å². The molecule has 0 aromatic heterocycles. The number of anilines is 1. The zero-order valence-corrected chi connectivity index (χ0v) is 14.8. The molecule has 1 aliphatic rings. The van der Waals surface area contributed by atoms with Gasteiger partial charge >= 0.3 is 0 Å². The molecular weight excluding hydrogens is 296 g/mol. The summed E-state index contributed by atoms with van der Waals surface area (Å²) in [7, 11) is 0. The van der Waals surface area contributed by atoms with E-state index in [4.69, 9.17) is 0 Å². The summed E-state index contributed by atoms with van der Waals surface area (Å²) < 4.78 is 0. The third kappa shape index (κ3) is 4.72. The van der Waals surface area contributed by atoms with E-state index < -0.39 is 0 Å². The molecule has 1 saturated heterocycles. The minimum atomic E-state index is 0. The quantitative estimate of drug-likeness (QED) is 0.894. The Kier molecular flexibility index (Phi) is 7.91. The minimum Gasteiger partial charge on any atom is -0.324 e. The zero-order valence-electron chi connectivity index (χ0n) is 14.0. The van der Waals surface area contributed by atoms with Crippen LogP contribution in [0.1, 0.15) is 50.2 Å². The Morgan fingerprint density at radius 3 is 2.18 bits per heavy atom. The maximum atomic E-state index is 12.7. The molecule has 1 aromatic rings. The molecule has 0 spiro atoms. The van der Waals surface area contributed by atoms with Crippen molar-refractivity contribution in [3.63, 3.8) is 0 Å². The molecule has 1 aromatic carbocycles. The van der Waals surface area contributed by atoms with Gasteiger partial charge in [0.25, 0.3) is 0 Å². The van der Waals surface area contributed by atoms with Crippen molar-refractivity contribution in [2.45, 2.75) is 58.9 Å². The molecule has 1 unspecified atom stereocenters. The van der Waals surface area contributed by atoms with Gasteiger partial charge in [-0.3, -0.25) is 9.69 Å². The molecule has 1 fully saturated rings. The SMILES string of the molecule is CCC(C(=O)Nc1c(C)cccc1C)N1CCCCCC1.Cl. The van der Waals surface area contributed by atoms with Crippen molar-refractivity contribution >= 4 is 24.0 Å². The lowest BCUT2D eigenvalue weighted by atomic mass is 10.1. The predicted octanol–water partition coefficient (Wildman–Crippen LogP) is 4.32. The van der Waals surface area contributed by atoms with E-state index in [1.54, 1.807) is 0 Å². The molecule has 0 saturated carbocycles. The molecule has 1 N–H and O–H groups in total. The molecule has 0 bridgehead atoms. The summed E-state index contributed by atoms with van der Waals surface area (Å²) in [6, 6.07) is 6.14. The standard InChI is InChI=1S/C18H28N2O.ClH/c1-4-16(20-12-7-5-6-8-13-20)18(21)19-17-14(2)10-9-11-15(17)3;/h9-11,16H,4-8,12-13H2,1-3H3,(H,19,21);1H. The van der Waals surface area contributed by atoms with Crippen LogP contribution in [0.4, 0.5) is 5.69 Å². The summed E-state index contributed by atoms with van der Waals surface area (Å²) in [6.45, 7) is 8.32. The Bertz CT molecular complexity index is 462. The molecule has 4 heteroatoms. The van der Waals surface area contributed by atoms with Crippen LogP contribution in [0.2, 0.25) is 0 Å². The van der Waals surface area contributed by atoms with Crippen LogP contribution < -0.4 is 5.32 Å². The fourth-order valence-corrected chi connectivity index (χ4v) is 3.23. The van der Waals surface area contributed by atoms with Crippen LogP contribution in [-0.2, 0) is 4.79 Å². The third-order valence-corrected chi connectivity index (χ3v) is 4.50. The molecular formula is C18H29ClN2O. The predicted molar refractivity (Wildman–Crippen MR) is 95.9 cm³/mol. The zero-order chi connectivity index (χ0) is 15.2. The highest BCUT2D eigenvalue weighted by atomic mass is 35.5. The van der Waals surface area contributed by atoms with Gasteiger partial charge in [0, 0.05) is 5.69 Å². The average molecular weight is 325 g/mol. The van der Waals surface area contributed by atoms with Crippen LogP contribution >= 0.6 is 12.4 Å². The van der Waals surface area contributed by atoms with Crippen LogP contribution in [0.15, 0.2) is 18.2 Å². The van der Waals surface area contributed by atoms with Crippen molar-refractivity contribution in [3.05, 3.63) is 29.3 Å². The van der Waals surface area contributed by atoms with Crippen molar-refractivity contribution in [3.8, 4) is 0 Å². The highest BCUT2D eigenvalue weighted by molar-refractivity contribution is 5.96. The molecule has 0 aliphatic carbocycles. The number of benzene rings is 1. The van der Waals surface area contributed by atoms with Crippen molar-refractivity contribution in [2.75, 3.05) is 18.4 Å². The Balaban J connectivity index is 0.00000242. The van der Waals surface area contributed by atoms with E-state index in [-0.39, 0.29) is 24.4 Å². The van der Waals surface area contributed by atoms with E-state index >= 15 is 0 Å². The number of para-hydroxylation sites is 1. The number of hydrogen-bond acceptors (Lipinski definition) is 2. The molecule has 1 heterocycles. The molecule has 124 valence electrons. The summed E-state index contributed by atoms with van der Waals surface area (Å²) in [5, 5.41) is 3.17. The molecule has 2 rings (SSSR count). The lowest BCUT2D eigenvalue weighted by Crippen LogP contribution is -2.44. The van der Waals surface area contributed by atoms with Gasteiger partial charge in [-0.05, 0) is 57.3 Å². The van der Waals surface area contributed by atoms with Gasteiger partial charge < -0.3 is 5.32 Å². The minimum absolute atomic E-state index is 0. The summed E-state index contributed by atoms with van der Waals surface area (Å²) >= 11 is 0. The average Bonchev–Trinajstić information content (AvgIpc) is 2.73. The fraction of sp³-hybridized carbons (Fsp3) is 0.611. The molecule has 1 atom stereocenters. The lowest BCUT2D eigenvalue weighted by Gasteiger charge is -2.29. The number of rotatable bonds is 4. The van der Waals surface area contributed by atoms with Crippen LogP contribution in [0.5, 0.6) is 0 Å². The second-order valence-electron chi connectivity index (χ2n) is 6.13. The number of halogens is 1. The maximum Gasteiger partial charge on any atom is 0.241 e. The van der Waals surface area contributed by atoms with Crippen LogP contribution in [-0.4, -0.2) is 29.9 Å². The second kappa shape index (κ2) is 9.16. The topological polar surface area (TPSA) is 32.3 Å². The van der Waals surface area contributed by atoms with Gasteiger partial charge in [-0.2, -0.15) is 0 Å². The number of nitrogens with zero attached hydrogens (tertiary/aromatic N) is 1. The van der Waals surface area contributed by atoms with Gasteiger partial charge in [0.1, 0.15) is 0 Å². The summed E-state index contributed by atoms with van der Waals surface area (Å²) in [4.78, 5) is 15.1. The van der Waals surface area contributed by atoms with Crippen molar-refractivity contribution in [1.82, 2.24) is 4.90 Å². The van der Waals surface area contributed by atoms with Crippen LogP contribution in [0, 0.1) is 13.8 Å². The highest BCUT2D eigenvalue weighted by Crippen LogP contribution is 2.21. The smallest absolute Gasteiger partial charge is 0.241 e. The first-order valence-electron chi connectivity index (χ1n) is 8.24. The van der Waals surface area contributed by atoms with Crippen LogP contribution in [0.25, 0.3) is 0 Å². The van der Waals surface area contributed by atoms with E-state index in [9.17, 15) is 4.79 Å². The van der Waals surface area contributed by atoms with Crippen LogP contribution in [0.3, 0.4) is 0 Å². The first-order chi connectivity index (χ1) is 10.1. The monoisotopic (exact) mass is 324 g/mol. The van der Waals surface area contributed by atoms with Gasteiger partial charge in [-0.15, -0.1) is 12.4 Å². The number of carbonyl (C=O) groups excluding carboxylic acids is 1. The molecule has 1 amide bonds. The maximum absolute atomic E-state index is 12.7. The fourth-order valence-electron chi connectivity index (χ4n) is 3.23. The number of nitrogens with one attached hydrogen (secondary N) is 1. The second-order valence-corrected chi connectivity index (χ2v) is 6.13. The first kappa shape index (κ1) is 19.0. The lowest BCUT2D eigenvalue weighted by molar-refractivity contribution is -0.121. The first-order valence-corrected chi connectivity index (χ1v) is 8.24. The molecule has 22 heavy (non-hydrogen) atoms. The number of likely N-dealkylation sites (tertiary alicyclic amines) is 1. The van der Waals surface area contributed by atoms with E-state index in [0.717, 1.165) is 36.3 Å². The number of aryl methyl sites for hydroxylation is 2. The van der Waals surface area contributed by atoms with Gasteiger partial charge in [0.05, 0.1) is 6.04 Å². The summed E-state index contributed by atoms with van der Waals surface area (Å²) in [6.07, 6.45) is 5.90. The molecule has 3 nitrogen and oxygen atoms in total. The normalized spacial score (nSPS) is 17.2. The summed E-state index contributed by atoms with van der Waals surface area (Å²) in [5.41, 5.74) is 3.25. The van der Waals surface area contributed by atoms with Gasteiger partial charge in [-0.25, -0.2) is 0 Å². The Morgan fingerprint density at radius 2 is 1.68 bits per heavy atom. The Morgan fingerprint density at radius 1 is 1.14 bits per heavy atom. The molecule has 1 aliphatic heterocycles. The Labute approximate surface area is 140 Å². The largest absolute Gasteiger partial charge is 0.324 e. The van der Waals surface area contributed by atoms with E-state index in [1.807, 2.05) is 6.07 Å². The van der Waals surface area contributed by atoms with E-state index in [1.165, 1.54) is 25.7 Å². The Hall–Kier alpha value is -1.06. The summed E-state index contributed by atoms with van der Waals surface area (Å²) in [5.74, 6) is 0.150. The highest BCUT2D eigenvalue weighted by Gasteiger charge is 2.25. The van der Waals surface area contributed by atoms with Gasteiger partial charge in [0.2, 0.25) is 5.91 Å². The van der Waals surface area contributed by atoms with E-state index in [0.29, 0.717) is 0 Å². The van der Waals surface area contributed by atoms with Crippen molar-refractivity contribution in [2.24, 2.45) is 0 Å². The number of hydrogen-bond donors (Lipinski definition) is 1.